The summed E-state index contributed by atoms with van der Waals surface area (Å²) in [5.41, 5.74) is 5.10. The maximum atomic E-state index is 14.0. The SMILES string of the molecule is Cc1ccc(S(=O)(=O)N(CC(=O)N(Cc2ccccc2C)[C@H](C)C(=O)NC(C)C)c2ccc(C)c(C)c2)cc1. The number of amides is 2. The van der Waals surface area contributed by atoms with Gasteiger partial charge in [-0.25, -0.2) is 8.42 Å². The van der Waals surface area contributed by atoms with Crippen LogP contribution in [0.4, 0.5) is 5.69 Å². The monoisotopic (exact) mass is 549 g/mol. The van der Waals surface area contributed by atoms with E-state index in [-0.39, 0.29) is 23.4 Å². The molecule has 0 aromatic heterocycles. The molecule has 0 aliphatic carbocycles. The number of sulfonamides is 1. The Balaban J connectivity index is 2.07. The Kier molecular flexibility index (Phi) is 9.56. The second kappa shape index (κ2) is 12.5. The second-order valence-electron chi connectivity index (χ2n) is 10.4. The highest BCUT2D eigenvalue weighted by Gasteiger charge is 2.33. The van der Waals surface area contributed by atoms with Crippen LogP contribution < -0.4 is 9.62 Å². The van der Waals surface area contributed by atoms with Crippen LogP contribution in [0.15, 0.2) is 71.6 Å². The summed E-state index contributed by atoms with van der Waals surface area (Å²) in [6.45, 7) is 12.8. The largest absolute Gasteiger partial charge is 0.352 e. The third-order valence-corrected chi connectivity index (χ3v) is 8.65. The lowest BCUT2D eigenvalue weighted by Crippen LogP contribution is -2.52. The molecule has 8 heteroatoms. The molecule has 0 aliphatic rings. The zero-order valence-corrected chi connectivity index (χ0v) is 24.7. The fourth-order valence-corrected chi connectivity index (χ4v) is 5.61. The summed E-state index contributed by atoms with van der Waals surface area (Å²) in [4.78, 5) is 28.6. The van der Waals surface area contributed by atoms with Crippen molar-refractivity contribution in [3.05, 3.63) is 94.5 Å². The minimum atomic E-state index is -4.09. The van der Waals surface area contributed by atoms with E-state index in [2.05, 4.69) is 5.32 Å². The molecule has 3 rings (SSSR count). The van der Waals surface area contributed by atoms with E-state index >= 15 is 0 Å². The summed E-state index contributed by atoms with van der Waals surface area (Å²) in [5.74, 6) is -0.773. The van der Waals surface area contributed by atoms with Crippen LogP contribution >= 0.6 is 0 Å². The molecule has 0 unspecified atom stereocenters. The summed E-state index contributed by atoms with van der Waals surface area (Å²) in [6, 6.07) is 18.6. The average Bonchev–Trinajstić information content (AvgIpc) is 2.87. The molecule has 0 saturated heterocycles. The molecule has 0 heterocycles. The van der Waals surface area contributed by atoms with Gasteiger partial charge in [-0.3, -0.25) is 13.9 Å². The summed E-state index contributed by atoms with van der Waals surface area (Å²) in [7, 11) is -4.09. The number of anilines is 1. The molecule has 1 atom stereocenters. The van der Waals surface area contributed by atoms with Gasteiger partial charge in [0.25, 0.3) is 10.0 Å². The highest BCUT2D eigenvalue weighted by molar-refractivity contribution is 7.92. The zero-order valence-electron chi connectivity index (χ0n) is 23.9. The van der Waals surface area contributed by atoms with Gasteiger partial charge in [0.2, 0.25) is 11.8 Å². The molecular formula is C31H39N3O4S. The van der Waals surface area contributed by atoms with Crippen LogP contribution in [0.3, 0.4) is 0 Å². The number of benzene rings is 3. The van der Waals surface area contributed by atoms with E-state index in [0.717, 1.165) is 32.1 Å². The van der Waals surface area contributed by atoms with Gasteiger partial charge in [0, 0.05) is 12.6 Å². The molecule has 39 heavy (non-hydrogen) atoms. The van der Waals surface area contributed by atoms with Crippen molar-refractivity contribution in [3.63, 3.8) is 0 Å². The first-order valence-corrected chi connectivity index (χ1v) is 14.6. The maximum Gasteiger partial charge on any atom is 0.264 e. The van der Waals surface area contributed by atoms with Crippen LogP contribution in [0.1, 0.15) is 48.6 Å². The van der Waals surface area contributed by atoms with Crippen molar-refractivity contribution < 1.29 is 18.0 Å². The normalized spacial score (nSPS) is 12.2. The number of carbonyl (C=O) groups is 2. The first kappa shape index (κ1) is 29.9. The van der Waals surface area contributed by atoms with Crippen molar-refractivity contribution in [2.24, 2.45) is 0 Å². The Morgan fingerprint density at radius 1 is 0.821 bits per heavy atom. The lowest BCUT2D eigenvalue weighted by atomic mass is 10.1. The van der Waals surface area contributed by atoms with Gasteiger partial charge >= 0.3 is 0 Å². The first-order chi connectivity index (χ1) is 18.3. The quantitative estimate of drug-likeness (QED) is 0.383. The molecule has 0 radical (unpaired) electrons. The Morgan fingerprint density at radius 3 is 2.05 bits per heavy atom. The smallest absolute Gasteiger partial charge is 0.264 e. The fourth-order valence-electron chi connectivity index (χ4n) is 4.21. The van der Waals surface area contributed by atoms with Crippen LogP contribution in [-0.4, -0.2) is 43.8 Å². The topological polar surface area (TPSA) is 86.8 Å². The number of nitrogens with one attached hydrogen (secondary N) is 1. The molecule has 2 amide bonds. The van der Waals surface area contributed by atoms with Gasteiger partial charge in [-0.2, -0.15) is 0 Å². The first-order valence-electron chi connectivity index (χ1n) is 13.1. The fraction of sp³-hybridized carbons (Fsp3) is 0.355. The molecule has 3 aromatic carbocycles. The van der Waals surface area contributed by atoms with E-state index in [1.807, 2.05) is 71.9 Å². The molecular weight excluding hydrogens is 510 g/mol. The van der Waals surface area contributed by atoms with Crippen LogP contribution in [0.25, 0.3) is 0 Å². The molecule has 1 N–H and O–H groups in total. The molecule has 3 aromatic rings. The number of nitrogens with zero attached hydrogens (tertiary/aromatic N) is 2. The van der Waals surface area contributed by atoms with Gasteiger partial charge in [0.1, 0.15) is 12.6 Å². The summed E-state index contributed by atoms with van der Waals surface area (Å²) in [5, 5.41) is 2.87. The van der Waals surface area contributed by atoms with Crippen molar-refractivity contribution in [2.45, 2.75) is 72.0 Å². The highest BCUT2D eigenvalue weighted by Crippen LogP contribution is 2.27. The average molecular weight is 550 g/mol. The Bertz CT molecular complexity index is 1430. The van der Waals surface area contributed by atoms with Gasteiger partial charge in [-0.05, 0) is 95.0 Å². The van der Waals surface area contributed by atoms with Crippen molar-refractivity contribution in [2.75, 3.05) is 10.8 Å². The van der Waals surface area contributed by atoms with E-state index in [1.54, 1.807) is 43.3 Å². The standard InChI is InChI=1S/C31H39N3O4S/c1-21(2)32-31(36)26(7)33(19-27-11-9-8-10-24(27)5)30(35)20-34(28-15-14-23(4)25(6)18-28)39(37,38)29-16-12-22(3)13-17-29/h8-18,21,26H,19-20H2,1-7H3,(H,32,36)/t26-/m1/s1. The predicted octanol–water partition coefficient (Wildman–Crippen LogP) is 5.06. The van der Waals surface area contributed by atoms with E-state index < -0.39 is 28.5 Å². The van der Waals surface area contributed by atoms with Crippen molar-refractivity contribution >= 4 is 27.5 Å². The minimum absolute atomic E-state index is 0.0928. The minimum Gasteiger partial charge on any atom is -0.352 e. The third kappa shape index (κ3) is 7.26. The Morgan fingerprint density at radius 2 is 1.46 bits per heavy atom. The van der Waals surface area contributed by atoms with E-state index in [4.69, 9.17) is 0 Å². The summed E-state index contributed by atoms with van der Waals surface area (Å²) >= 11 is 0. The molecule has 0 bridgehead atoms. The lowest BCUT2D eigenvalue weighted by Gasteiger charge is -2.32. The number of carbonyl (C=O) groups excluding carboxylic acids is 2. The van der Waals surface area contributed by atoms with Gasteiger partial charge in [-0.15, -0.1) is 0 Å². The lowest BCUT2D eigenvalue weighted by molar-refractivity contribution is -0.139. The van der Waals surface area contributed by atoms with Crippen LogP contribution in [0.5, 0.6) is 0 Å². The number of rotatable bonds is 10. The van der Waals surface area contributed by atoms with E-state index in [0.29, 0.717) is 5.69 Å². The molecule has 0 spiro atoms. The van der Waals surface area contributed by atoms with Crippen molar-refractivity contribution in [1.29, 1.82) is 0 Å². The number of hydrogen-bond donors (Lipinski definition) is 1. The van der Waals surface area contributed by atoms with Gasteiger partial charge in [0.15, 0.2) is 0 Å². The molecule has 0 fully saturated rings. The molecule has 0 aliphatic heterocycles. The zero-order chi connectivity index (χ0) is 28.9. The summed E-state index contributed by atoms with van der Waals surface area (Å²) in [6.07, 6.45) is 0. The van der Waals surface area contributed by atoms with Crippen LogP contribution in [0, 0.1) is 27.7 Å². The third-order valence-electron chi connectivity index (χ3n) is 6.87. The maximum absolute atomic E-state index is 14.0. The van der Waals surface area contributed by atoms with Crippen LogP contribution in [0.2, 0.25) is 0 Å². The molecule has 0 saturated carbocycles. The van der Waals surface area contributed by atoms with E-state index in [9.17, 15) is 18.0 Å². The number of hydrogen-bond acceptors (Lipinski definition) is 4. The van der Waals surface area contributed by atoms with Gasteiger partial charge in [-0.1, -0.05) is 48.0 Å². The Hall–Kier alpha value is -3.65. The second-order valence-corrected chi connectivity index (χ2v) is 12.2. The van der Waals surface area contributed by atoms with Crippen molar-refractivity contribution in [3.8, 4) is 0 Å². The number of aryl methyl sites for hydroxylation is 4. The van der Waals surface area contributed by atoms with Crippen LogP contribution in [-0.2, 0) is 26.2 Å². The highest BCUT2D eigenvalue weighted by atomic mass is 32.2. The Labute approximate surface area is 232 Å². The van der Waals surface area contributed by atoms with Crippen molar-refractivity contribution in [1.82, 2.24) is 10.2 Å². The predicted molar refractivity (Wildman–Crippen MR) is 156 cm³/mol. The van der Waals surface area contributed by atoms with Gasteiger partial charge in [0.05, 0.1) is 10.6 Å². The molecule has 7 nitrogen and oxygen atoms in total. The van der Waals surface area contributed by atoms with Gasteiger partial charge < -0.3 is 10.2 Å². The summed E-state index contributed by atoms with van der Waals surface area (Å²) < 4.78 is 29.0. The molecule has 208 valence electrons. The van der Waals surface area contributed by atoms with E-state index in [1.165, 1.54) is 4.90 Å².